The fourth-order valence-electron chi connectivity index (χ4n) is 4.05. The van der Waals surface area contributed by atoms with Gasteiger partial charge in [-0.3, -0.25) is 9.89 Å². The molecule has 19 heavy (non-hydrogen) atoms. The predicted octanol–water partition coefficient (Wildman–Crippen LogP) is 3.45. The largest absolute Gasteiger partial charge is 0.292 e. The molecule has 0 aromatic heterocycles. The van der Waals surface area contributed by atoms with Crippen molar-refractivity contribution in [1.29, 1.82) is 0 Å². The summed E-state index contributed by atoms with van der Waals surface area (Å²) in [5.74, 6) is 0.777. The van der Waals surface area contributed by atoms with Crippen molar-refractivity contribution in [3.63, 3.8) is 0 Å². The topological polar surface area (TPSA) is 15.6 Å². The van der Waals surface area contributed by atoms with Gasteiger partial charge < -0.3 is 0 Å². The molecule has 2 heteroatoms. The van der Waals surface area contributed by atoms with Gasteiger partial charge in [0.25, 0.3) is 0 Å². The normalized spacial score (nSPS) is 34.7. The molecule has 100 valence electrons. The maximum atomic E-state index is 5.18. The summed E-state index contributed by atoms with van der Waals surface area (Å²) < 4.78 is 0. The number of nitrogens with zero attached hydrogens (tertiary/aromatic N) is 2. The number of piperidine rings is 3. The first-order valence-electron chi connectivity index (χ1n) is 7.68. The molecule has 5 rings (SSSR count). The predicted molar refractivity (Wildman–Crippen MR) is 78.6 cm³/mol. The summed E-state index contributed by atoms with van der Waals surface area (Å²) >= 11 is 0. The maximum absolute atomic E-state index is 5.18. The average Bonchev–Trinajstić information content (AvgIpc) is 3.25. The molecule has 1 aromatic carbocycles. The maximum Gasteiger partial charge on any atom is 0.0721 e. The minimum atomic E-state index is 0.314. The molecule has 4 fully saturated rings. The summed E-state index contributed by atoms with van der Waals surface area (Å²) in [4.78, 5) is 7.89. The molecule has 2 bridgehead atoms. The van der Waals surface area contributed by atoms with Crippen molar-refractivity contribution in [3.05, 3.63) is 35.9 Å². The Hall–Kier alpha value is -1.15. The Morgan fingerprint density at radius 3 is 2.47 bits per heavy atom. The third kappa shape index (κ3) is 1.77. The standard InChI is InChI=1S/C17H22N2/c1-13(14-5-3-2-4-6-14)18-16-15-7-11-19(12-8-15)17(16)9-10-17/h2-6,13,15H,7-12H2,1H3/b18-16-/t13-/m1/s1. The van der Waals surface area contributed by atoms with Crippen LogP contribution in [0.2, 0.25) is 0 Å². The Labute approximate surface area is 115 Å². The van der Waals surface area contributed by atoms with E-state index in [4.69, 9.17) is 4.99 Å². The second-order valence-electron chi connectivity index (χ2n) is 6.39. The Kier molecular flexibility index (Phi) is 2.56. The van der Waals surface area contributed by atoms with Crippen molar-refractivity contribution >= 4 is 5.71 Å². The van der Waals surface area contributed by atoms with Gasteiger partial charge in [0.05, 0.1) is 11.6 Å². The first-order valence-corrected chi connectivity index (χ1v) is 7.68. The van der Waals surface area contributed by atoms with Crippen LogP contribution in [0.15, 0.2) is 35.3 Å². The minimum absolute atomic E-state index is 0.314. The van der Waals surface area contributed by atoms with Crippen LogP contribution < -0.4 is 0 Å². The fraction of sp³-hybridized carbons (Fsp3) is 0.588. The zero-order valence-corrected chi connectivity index (χ0v) is 11.7. The van der Waals surface area contributed by atoms with Gasteiger partial charge in [-0.1, -0.05) is 30.3 Å². The van der Waals surface area contributed by atoms with Crippen LogP contribution in [0.4, 0.5) is 0 Å². The quantitative estimate of drug-likeness (QED) is 0.789. The second kappa shape index (κ2) is 4.17. The van der Waals surface area contributed by atoms with Crippen LogP contribution in [0.25, 0.3) is 0 Å². The van der Waals surface area contributed by atoms with Crippen molar-refractivity contribution in [2.75, 3.05) is 13.1 Å². The number of benzene rings is 1. The SMILES string of the molecule is C[C@@H](/N=C1/C2CCN(CC2)C12CC2)c1ccccc1. The van der Waals surface area contributed by atoms with Crippen molar-refractivity contribution < 1.29 is 0 Å². The lowest BCUT2D eigenvalue weighted by Gasteiger charge is -2.47. The summed E-state index contributed by atoms with van der Waals surface area (Å²) in [5, 5.41) is 0. The van der Waals surface area contributed by atoms with Crippen molar-refractivity contribution in [3.8, 4) is 0 Å². The lowest BCUT2D eigenvalue weighted by molar-refractivity contribution is 0.131. The van der Waals surface area contributed by atoms with E-state index in [-0.39, 0.29) is 0 Å². The van der Waals surface area contributed by atoms with E-state index < -0.39 is 0 Å². The van der Waals surface area contributed by atoms with Gasteiger partial charge in [0, 0.05) is 11.6 Å². The lowest BCUT2D eigenvalue weighted by atomic mass is 9.79. The van der Waals surface area contributed by atoms with Crippen molar-refractivity contribution in [2.45, 2.75) is 44.2 Å². The van der Waals surface area contributed by atoms with Crippen LogP contribution in [-0.2, 0) is 0 Å². The van der Waals surface area contributed by atoms with Gasteiger partial charge in [-0.15, -0.1) is 0 Å². The molecule has 1 saturated carbocycles. The van der Waals surface area contributed by atoms with Crippen LogP contribution in [0, 0.1) is 5.92 Å². The zero-order valence-electron chi connectivity index (χ0n) is 11.7. The van der Waals surface area contributed by atoms with Gasteiger partial charge in [-0.05, 0) is 51.3 Å². The first-order chi connectivity index (χ1) is 9.29. The molecule has 0 N–H and O–H groups in total. The minimum Gasteiger partial charge on any atom is -0.292 e. The molecule has 0 unspecified atom stereocenters. The van der Waals surface area contributed by atoms with Crippen LogP contribution in [0.5, 0.6) is 0 Å². The highest BCUT2D eigenvalue weighted by atomic mass is 15.3. The zero-order chi connectivity index (χ0) is 12.9. The number of rotatable bonds is 2. The third-order valence-electron chi connectivity index (χ3n) is 5.30. The van der Waals surface area contributed by atoms with Gasteiger partial charge in [0.1, 0.15) is 0 Å². The third-order valence-corrected chi connectivity index (χ3v) is 5.30. The highest BCUT2D eigenvalue weighted by Gasteiger charge is 2.58. The number of aliphatic imine (C=N–C) groups is 1. The molecule has 0 radical (unpaired) electrons. The van der Waals surface area contributed by atoms with E-state index in [0.29, 0.717) is 11.6 Å². The summed E-state index contributed by atoms with van der Waals surface area (Å²) in [7, 11) is 0. The number of hydrogen-bond acceptors (Lipinski definition) is 2. The van der Waals surface area contributed by atoms with E-state index in [0.717, 1.165) is 5.92 Å². The molecule has 1 aromatic rings. The monoisotopic (exact) mass is 254 g/mol. The molecule has 0 amide bonds. The Balaban J connectivity index is 1.66. The van der Waals surface area contributed by atoms with Crippen molar-refractivity contribution in [2.24, 2.45) is 10.9 Å². The molecule has 1 aliphatic carbocycles. The molecule has 2 nitrogen and oxygen atoms in total. The van der Waals surface area contributed by atoms with Gasteiger partial charge >= 0.3 is 0 Å². The molecular weight excluding hydrogens is 232 g/mol. The van der Waals surface area contributed by atoms with Crippen molar-refractivity contribution in [1.82, 2.24) is 4.90 Å². The second-order valence-corrected chi connectivity index (χ2v) is 6.39. The van der Waals surface area contributed by atoms with Crippen LogP contribution in [0.3, 0.4) is 0 Å². The van der Waals surface area contributed by atoms with E-state index in [1.165, 1.54) is 44.3 Å². The number of fused-ring (bicyclic) bond motifs is 2. The fourth-order valence-corrected chi connectivity index (χ4v) is 4.05. The molecule has 3 aliphatic heterocycles. The molecule has 3 saturated heterocycles. The smallest absolute Gasteiger partial charge is 0.0721 e. The first kappa shape index (κ1) is 11.7. The van der Waals surface area contributed by atoms with Gasteiger partial charge in [-0.2, -0.15) is 0 Å². The average molecular weight is 254 g/mol. The van der Waals surface area contributed by atoms with E-state index >= 15 is 0 Å². The highest BCUT2D eigenvalue weighted by molar-refractivity contribution is 5.99. The molecular formula is C17H22N2. The van der Waals surface area contributed by atoms with E-state index in [1.807, 2.05) is 0 Å². The number of hydrogen-bond donors (Lipinski definition) is 0. The summed E-state index contributed by atoms with van der Waals surface area (Å²) in [5.41, 5.74) is 3.30. The van der Waals surface area contributed by atoms with Gasteiger partial charge in [0.2, 0.25) is 0 Å². The van der Waals surface area contributed by atoms with Crippen LogP contribution >= 0.6 is 0 Å². The summed E-state index contributed by atoms with van der Waals surface area (Å²) in [6.07, 6.45) is 5.37. The molecule has 1 spiro atoms. The summed E-state index contributed by atoms with van der Waals surface area (Å²) in [6.45, 7) is 4.86. The Morgan fingerprint density at radius 2 is 1.84 bits per heavy atom. The van der Waals surface area contributed by atoms with E-state index in [2.05, 4.69) is 42.2 Å². The van der Waals surface area contributed by atoms with Gasteiger partial charge in [0.15, 0.2) is 0 Å². The summed E-state index contributed by atoms with van der Waals surface area (Å²) in [6, 6.07) is 11.0. The van der Waals surface area contributed by atoms with E-state index in [1.54, 1.807) is 5.71 Å². The molecule has 4 aliphatic rings. The van der Waals surface area contributed by atoms with E-state index in [9.17, 15) is 0 Å². The highest BCUT2D eigenvalue weighted by Crippen LogP contribution is 2.52. The molecule has 1 atom stereocenters. The lowest BCUT2D eigenvalue weighted by Crippen LogP contribution is -2.57. The Morgan fingerprint density at radius 1 is 1.16 bits per heavy atom. The Bertz CT molecular complexity index is 493. The van der Waals surface area contributed by atoms with Gasteiger partial charge in [-0.25, -0.2) is 0 Å². The van der Waals surface area contributed by atoms with Crippen LogP contribution in [-0.4, -0.2) is 29.2 Å². The molecule has 3 heterocycles. The van der Waals surface area contributed by atoms with Crippen LogP contribution in [0.1, 0.15) is 44.2 Å².